The lowest BCUT2D eigenvalue weighted by Gasteiger charge is -2.14. The van der Waals surface area contributed by atoms with Crippen molar-refractivity contribution in [1.29, 1.82) is 0 Å². The van der Waals surface area contributed by atoms with E-state index in [4.69, 9.17) is 0 Å². The molecule has 1 saturated heterocycles. The summed E-state index contributed by atoms with van der Waals surface area (Å²) in [6.45, 7) is 4.00. The zero-order chi connectivity index (χ0) is 17.5. The van der Waals surface area contributed by atoms with Gasteiger partial charge in [0.15, 0.2) is 0 Å². The van der Waals surface area contributed by atoms with Gasteiger partial charge in [0.2, 0.25) is 5.91 Å². The predicted molar refractivity (Wildman–Crippen MR) is 106 cm³/mol. The van der Waals surface area contributed by atoms with Gasteiger partial charge < -0.3 is 5.32 Å². The van der Waals surface area contributed by atoms with Gasteiger partial charge in [0.25, 0.3) is 0 Å². The third-order valence-corrected chi connectivity index (χ3v) is 4.86. The van der Waals surface area contributed by atoms with Crippen LogP contribution in [0.5, 0.6) is 0 Å². The highest BCUT2D eigenvalue weighted by Gasteiger charge is 2.11. The molecular weight excluding hydrogens is 376 g/mol. The molecule has 0 bridgehead atoms. The Kier molecular flexibility index (Phi) is 6.42. The second kappa shape index (κ2) is 8.97. The first-order valence-electron chi connectivity index (χ1n) is 8.71. The van der Waals surface area contributed by atoms with Crippen LogP contribution < -0.4 is 5.32 Å². The van der Waals surface area contributed by atoms with Crippen LogP contribution in [0.2, 0.25) is 0 Å². The fraction of sp³-hybridized carbons (Fsp3) is 0.286. The molecule has 2 aromatic rings. The number of rotatable bonds is 6. The van der Waals surface area contributed by atoms with E-state index in [2.05, 4.69) is 50.4 Å². The lowest BCUT2D eigenvalue weighted by Crippen LogP contribution is -2.20. The molecule has 3 nitrogen and oxygen atoms in total. The minimum Gasteiger partial charge on any atom is -0.348 e. The summed E-state index contributed by atoms with van der Waals surface area (Å²) in [5.41, 5.74) is 3.46. The number of nitrogens with zero attached hydrogens (tertiary/aromatic N) is 1. The first kappa shape index (κ1) is 17.9. The standard InChI is InChI=1S/C21H23BrN2O/c22-20-5-3-4-17(14-20)10-11-21(25)23-15-18-6-8-19(9-7-18)16-24-12-1-2-13-24/h3-11,14H,1-2,12-13,15-16H2,(H,23,25)/b11-10+. The maximum Gasteiger partial charge on any atom is 0.244 e. The van der Waals surface area contributed by atoms with Gasteiger partial charge in [-0.2, -0.15) is 0 Å². The van der Waals surface area contributed by atoms with E-state index in [1.54, 1.807) is 6.08 Å². The molecule has 4 heteroatoms. The molecule has 25 heavy (non-hydrogen) atoms. The van der Waals surface area contributed by atoms with Gasteiger partial charge in [-0.25, -0.2) is 0 Å². The minimum absolute atomic E-state index is 0.0823. The highest BCUT2D eigenvalue weighted by molar-refractivity contribution is 9.10. The molecule has 1 N–H and O–H groups in total. The number of hydrogen-bond acceptors (Lipinski definition) is 2. The Morgan fingerprint density at radius 3 is 2.52 bits per heavy atom. The Hall–Kier alpha value is -1.91. The number of nitrogens with one attached hydrogen (secondary N) is 1. The minimum atomic E-state index is -0.0823. The van der Waals surface area contributed by atoms with Crippen molar-refractivity contribution in [3.63, 3.8) is 0 Å². The van der Waals surface area contributed by atoms with E-state index in [9.17, 15) is 4.79 Å². The molecule has 0 aliphatic carbocycles. The Bertz CT molecular complexity index is 734. The van der Waals surface area contributed by atoms with Gasteiger partial charge in [0, 0.05) is 23.6 Å². The highest BCUT2D eigenvalue weighted by atomic mass is 79.9. The number of benzene rings is 2. The summed E-state index contributed by atoms with van der Waals surface area (Å²) in [6, 6.07) is 16.4. The van der Waals surface area contributed by atoms with E-state index in [0.29, 0.717) is 6.54 Å². The number of carbonyl (C=O) groups is 1. The second-order valence-electron chi connectivity index (χ2n) is 6.41. The molecule has 0 saturated carbocycles. The molecule has 0 radical (unpaired) electrons. The van der Waals surface area contributed by atoms with Gasteiger partial charge in [-0.15, -0.1) is 0 Å². The van der Waals surface area contributed by atoms with Crippen molar-refractivity contribution in [3.8, 4) is 0 Å². The van der Waals surface area contributed by atoms with Crippen LogP contribution in [0.25, 0.3) is 6.08 Å². The Labute approximate surface area is 157 Å². The fourth-order valence-electron chi connectivity index (χ4n) is 2.99. The van der Waals surface area contributed by atoms with Crippen LogP contribution in [0.4, 0.5) is 0 Å². The SMILES string of the molecule is O=C(/C=C/c1cccc(Br)c1)NCc1ccc(CN2CCCC2)cc1. The van der Waals surface area contributed by atoms with Crippen LogP contribution in [0.1, 0.15) is 29.5 Å². The largest absolute Gasteiger partial charge is 0.348 e. The molecule has 1 amide bonds. The average Bonchev–Trinajstić information content (AvgIpc) is 3.12. The van der Waals surface area contributed by atoms with Gasteiger partial charge in [-0.05, 0) is 60.8 Å². The molecule has 3 rings (SSSR count). The Balaban J connectivity index is 1.46. The zero-order valence-electron chi connectivity index (χ0n) is 14.2. The lowest BCUT2D eigenvalue weighted by atomic mass is 10.1. The monoisotopic (exact) mass is 398 g/mol. The zero-order valence-corrected chi connectivity index (χ0v) is 15.8. The number of hydrogen-bond donors (Lipinski definition) is 1. The van der Waals surface area contributed by atoms with Crippen LogP contribution in [-0.2, 0) is 17.9 Å². The molecule has 0 spiro atoms. The van der Waals surface area contributed by atoms with E-state index in [1.807, 2.05) is 30.3 Å². The molecule has 1 aliphatic rings. The lowest BCUT2D eigenvalue weighted by molar-refractivity contribution is -0.116. The molecule has 0 unspecified atom stereocenters. The van der Waals surface area contributed by atoms with Gasteiger partial charge in [0.05, 0.1) is 0 Å². The van der Waals surface area contributed by atoms with Crippen molar-refractivity contribution >= 4 is 27.9 Å². The summed E-state index contributed by atoms with van der Waals surface area (Å²) in [5, 5.41) is 2.93. The van der Waals surface area contributed by atoms with E-state index in [0.717, 1.165) is 22.1 Å². The summed E-state index contributed by atoms with van der Waals surface area (Å²) < 4.78 is 1.00. The van der Waals surface area contributed by atoms with Crippen LogP contribution >= 0.6 is 15.9 Å². The van der Waals surface area contributed by atoms with Crippen LogP contribution in [0.3, 0.4) is 0 Å². The van der Waals surface area contributed by atoms with E-state index in [-0.39, 0.29) is 5.91 Å². The van der Waals surface area contributed by atoms with Crippen LogP contribution in [-0.4, -0.2) is 23.9 Å². The normalized spacial score (nSPS) is 14.9. The van der Waals surface area contributed by atoms with Crippen molar-refractivity contribution < 1.29 is 4.79 Å². The van der Waals surface area contributed by atoms with Gasteiger partial charge in [0.1, 0.15) is 0 Å². The summed E-state index contributed by atoms with van der Waals surface area (Å²) in [7, 11) is 0. The van der Waals surface area contributed by atoms with Crippen LogP contribution in [0.15, 0.2) is 59.1 Å². The maximum atomic E-state index is 12.0. The smallest absolute Gasteiger partial charge is 0.244 e. The number of amides is 1. The fourth-order valence-corrected chi connectivity index (χ4v) is 3.41. The summed E-state index contributed by atoms with van der Waals surface area (Å²) in [6.07, 6.45) is 6.03. The summed E-state index contributed by atoms with van der Waals surface area (Å²) in [5.74, 6) is -0.0823. The second-order valence-corrected chi connectivity index (χ2v) is 7.32. The van der Waals surface area contributed by atoms with Gasteiger partial charge >= 0.3 is 0 Å². The third-order valence-electron chi connectivity index (χ3n) is 4.37. The average molecular weight is 399 g/mol. The molecule has 2 aromatic carbocycles. The predicted octanol–water partition coefficient (Wildman–Crippen LogP) is 4.37. The summed E-state index contributed by atoms with van der Waals surface area (Å²) >= 11 is 3.43. The number of likely N-dealkylation sites (tertiary alicyclic amines) is 1. The molecule has 1 heterocycles. The molecular formula is C21H23BrN2O. The highest BCUT2D eigenvalue weighted by Crippen LogP contribution is 2.14. The third kappa shape index (κ3) is 5.83. The molecule has 1 aliphatic heterocycles. The van der Waals surface area contributed by atoms with E-state index in [1.165, 1.54) is 31.5 Å². The Morgan fingerprint density at radius 1 is 1.08 bits per heavy atom. The molecule has 1 fully saturated rings. The van der Waals surface area contributed by atoms with Crippen molar-refractivity contribution in [2.75, 3.05) is 13.1 Å². The van der Waals surface area contributed by atoms with Gasteiger partial charge in [-0.1, -0.05) is 52.3 Å². The van der Waals surface area contributed by atoms with Crippen molar-refractivity contribution in [2.24, 2.45) is 0 Å². The maximum absolute atomic E-state index is 12.0. The van der Waals surface area contributed by atoms with E-state index < -0.39 is 0 Å². The first-order valence-corrected chi connectivity index (χ1v) is 9.50. The Morgan fingerprint density at radius 2 is 1.80 bits per heavy atom. The summed E-state index contributed by atoms with van der Waals surface area (Å²) in [4.78, 5) is 14.4. The molecule has 130 valence electrons. The number of carbonyl (C=O) groups excluding carboxylic acids is 1. The molecule has 0 atom stereocenters. The topological polar surface area (TPSA) is 32.3 Å². The van der Waals surface area contributed by atoms with Crippen molar-refractivity contribution in [2.45, 2.75) is 25.9 Å². The van der Waals surface area contributed by atoms with E-state index >= 15 is 0 Å². The van der Waals surface area contributed by atoms with Crippen molar-refractivity contribution in [1.82, 2.24) is 10.2 Å². The quantitative estimate of drug-likeness (QED) is 0.732. The van der Waals surface area contributed by atoms with Crippen LogP contribution in [0, 0.1) is 0 Å². The van der Waals surface area contributed by atoms with Crippen molar-refractivity contribution in [3.05, 3.63) is 75.8 Å². The number of halogens is 1. The molecule has 0 aromatic heterocycles. The van der Waals surface area contributed by atoms with Gasteiger partial charge in [-0.3, -0.25) is 9.69 Å². The first-order chi connectivity index (χ1) is 12.2.